The van der Waals surface area contributed by atoms with Gasteiger partial charge in [0, 0.05) is 11.8 Å². The SMILES string of the molecule is C[C@@H](CCl)COc1ccc(S(=O)(=O)c2ccc(OC[C@@H](O)CO)cc2)cc1. The molecule has 2 rings (SSSR count). The molecule has 0 aliphatic rings. The van der Waals surface area contributed by atoms with E-state index in [1.165, 1.54) is 36.4 Å². The molecule has 2 atom stereocenters. The second-order valence-electron chi connectivity index (χ2n) is 6.16. The summed E-state index contributed by atoms with van der Waals surface area (Å²) in [6.45, 7) is 1.94. The summed E-state index contributed by atoms with van der Waals surface area (Å²) >= 11 is 5.73. The molecular formula is C19H23ClO6S. The highest BCUT2D eigenvalue weighted by Crippen LogP contribution is 2.25. The summed E-state index contributed by atoms with van der Waals surface area (Å²) in [5, 5.41) is 18.0. The van der Waals surface area contributed by atoms with E-state index in [1.807, 2.05) is 6.92 Å². The van der Waals surface area contributed by atoms with Crippen LogP contribution >= 0.6 is 11.6 Å². The van der Waals surface area contributed by atoms with Gasteiger partial charge in [-0.2, -0.15) is 0 Å². The summed E-state index contributed by atoms with van der Waals surface area (Å²) < 4.78 is 36.3. The maximum absolute atomic E-state index is 12.7. The molecule has 0 aliphatic carbocycles. The number of sulfone groups is 1. The molecule has 0 heterocycles. The predicted molar refractivity (Wildman–Crippen MR) is 102 cm³/mol. The van der Waals surface area contributed by atoms with Gasteiger partial charge >= 0.3 is 0 Å². The molecule has 27 heavy (non-hydrogen) atoms. The molecule has 0 bridgehead atoms. The van der Waals surface area contributed by atoms with Gasteiger partial charge in [-0.3, -0.25) is 0 Å². The average Bonchev–Trinajstić information content (AvgIpc) is 2.70. The largest absolute Gasteiger partial charge is 0.493 e. The van der Waals surface area contributed by atoms with Crippen LogP contribution in [0.2, 0.25) is 0 Å². The number of rotatable bonds is 10. The Morgan fingerprint density at radius 3 is 1.78 bits per heavy atom. The van der Waals surface area contributed by atoms with Gasteiger partial charge in [0.05, 0.1) is 23.0 Å². The Bertz CT molecular complexity index is 742. The van der Waals surface area contributed by atoms with Crippen molar-refractivity contribution in [1.29, 1.82) is 0 Å². The molecule has 2 aromatic carbocycles. The van der Waals surface area contributed by atoms with E-state index in [9.17, 15) is 13.5 Å². The average molecular weight is 415 g/mol. The third kappa shape index (κ3) is 6.10. The molecule has 0 aliphatic heterocycles. The first-order valence-corrected chi connectivity index (χ1v) is 10.4. The molecule has 0 unspecified atom stereocenters. The van der Waals surface area contributed by atoms with Crippen molar-refractivity contribution in [3.8, 4) is 11.5 Å². The van der Waals surface area contributed by atoms with Crippen molar-refractivity contribution in [3.63, 3.8) is 0 Å². The van der Waals surface area contributed by atoms with E-state index in [-0.39, 0.29) is 22.3 Å². The molecule has 0 fully saturated rings. The Balaban J connectivity index is 2.06. The van der Waals surface area contributed by atoms with Gasteiger partial charge in [0.15, 0.2) is 0 Å². The molecule has 2 aromatic rings. The van der Waals surface area contributed by atoms with Crippen molar-refractivity contribution in [2.75, 3.05) is 25.7 Å². The van der Waals surface area contributed by atoms with Crippen LogP contribution in [0.4, 0.5) is 0 Å². The minimum atomic E-state index is -3.67. The zero-order valence-electron chi connectivity index (χ0n) is 14.9. The van der Waals surface area contributed by atoms with E-state index >= 15 is 0 Å². The standard InChI is InChI=1S/C19H23ClO6S/c1-14(10-20)12-25-16-2-6-18(7-3-16)27(23,24)19-8-4-17(5-9-19)26-13-15(22)11-21/h2-9,14-15,21-22H,10-13H2,1H3/t14-,15-/m0/s1. The highest BCUT2D eigenvalue weighted by molar-refractivity contribution is 7.91. The van der Waals surface area contributed by atoms with Crippen LogP contribution < -0.4 is 9.47 Å². The molecule has 148 valence electrons. The van der Waals surface area contributed by atoms with Crippen molar-refractivity contribution in [1.82, 2.24) is 0 Å². The van der Waals surface area contributed by atoms with Gasteiger partial charge in [-0.1, -0.05) is 6.92 Å². The summed E-state index contributed by atoms with van der Waals surface area (Å²) in [6, 6.07) is 12.1. The summed E-state index contributed by atoms with van der Waals surface area (Å²) in [4.78, 5) is 0.284. The maximum Gasteiger partial charge on any atom is 0.206 e. The van der Waals surface area contributed by atoms with Gasteiger partial charge < -0.3 is 19.7 Å². The van der Waals surface area contributed by atoms with Crippen molar-refractivity contribution in [2.45, 2.75) is 22.8 Å². The Morgan fingerprint density at radius 2 is 1.37 bits per heavy atom. The number of aliphatic hydroxyl groups is 2. The van der Waals surface area contributed by atoms with Crippen LogP contribution in [-0.4, -0.2) is 50.4 Å². The van der Waals surface area contributed by atoms with Gasteiger partial charge in [-0.05, 0) is 48.5 Å². The monoisotopic (exact) mass is 414 g/mol. The summed E-state index contributed by atoms with van der Waals surface area (Å²) in [5.74, 6) is 1.68. The number of hydrogen-bond donors (Lipinski definition) is 2. The minimum Gasteiger partial charge on any atom is -0.493 e. The smallest absolute Gasteiger partial charge is 0.206 e. The van der Waals surface area contributed by atoms with Crippen molar-refractivity contribution in [3.05, 3.63) is 48.5 Å². The first-order chi connectivity index (χ1) is 12.9. The topological polar surface area (TPSA) is 93.1 Å². The van der Waals surface area contributed by atoms with Gasteiger partial charge in [0.2, 0.25) is 9.84 Å². The lowest BCUT2D eigenvalue weighted by Gasteiger charge is -2.12. The number of aliphatic hydroxyl groups excluding tert-OH is 2. The van der Waals surface area contributed by atoms with Gasteiger partial charge in [-0.15, -0.1) is 11.6 Å². The van der Waals surface area contributed by atoms with E-state index in [1.54, 1.807) is 12.1 Å². The van der Waals surface area contributed by atoms with Crippen LogP contribution in [0.1, 0.15) is 6.92 Å². The highest BCUT2D eigenvalue weighted by atomic mass is 35.5. The lowest BCUT2D eigenvalue weighted by Crippen LogP contribution is -2.21. The zero-order chi connectivity index (χ0) is 19.9. The number of ether oxygens (including phenoxy) is 2. The van der Waals surface area contributed by atoms with E-state index in [2.05, 4.69) is 0 Å². The first-order valence-electron chi connectivity index (χ1n) is 8.42. The second kappa shape index (κ2) is 9.94. The van der Waals surface area contributed by atoms with Crippen LogP contribution in [0.3, 0.4) is 0 Å². The fraction of sp³-hybridized carbons (Fsp3) is 0.368. The molecule has 0 radical (unpaired) electrons. The first kappa shape index (κ1) is 21.5. The molecular weight excluding hydrogens is 392 g/mol. The normalized spacial score (nSPS) is 13.8. The predicted octanol–water partition coefficient (Wildman–Crippen LogP) is 2.51. The molecule has 0 aromatic heterocycles. The summed E-state index contributed by atoms with van der Waals surface area (Å²) in [6.07, 6.45) is -0.985. The van der Waals surface area contributed by atoms with E-state index in [0.29, 0.717) is 24.0 Å². The van der Waals surface area contributed by atoms with Crippen LogP contribution in [-0.2, 0) is 9.84 Å². The molecule has 8 heteroatoms. The minimum absolute atomic E-state index is 0.0770. The van der Waals surface area contributed by atoms with Gasteiger partial charge in [0.1, 0.15) is 24.2 Å². The van der Waals surface area contributed by atoms with Gasteiger partial charge in [0.25, 0.3) is 0 Å². The number of benzene rings is 2. The summed E-state index contributed by atoms with van der Waals surface area (Å²) in [7, 11) is -3.67. The number of alkyl halides is 1. The number of hydrogen-bond acceptors (Lipinski definition) is 6. The maximum atomic E-state index is 12.7. The third-order valence-electron chi connectivity index (χ3n) is 3.72. The quantitative estimate of drug-likeness (QED) is 0.580. The fourth-order valence-electron chi connectivity index (χ4n) is 2.09. The highest BCUT2D eigenvalue weighted by Gasteiger charge is 2.18. The van der Waals surface area contributed by atoms with E-state index < -0.39 is 22.5 Å². The Kier molecular flexibility index (Phi) is 7.91. The lowest BCUT2D eigenvalue weighted by atomic mass is 10.2. The molecule has 6 nitrogen and oxygen atoms in total. The Labute approximate surface area is 164 Å². The van der Waals surface area contributed by atoms with Crippen LogP contribution in [0, 0.1) is 5.92 Å². The summed E-state index contributed by atoms with van der Waals surface area (Å²) in [5.41, 5.74) is 0. The van der Waals surface area contributed by atoms with Crippen LogP contribution in [0.5, 0.6) is 11.5 Å². The fourth-order valence-corrected chi connectivity index (χ4v) is 3.44. The Morgan fingerprint density at radius 1 is 0.926 bits per heavy atom. The van der Waals surface area contributed by atoms with Crippen molar-refractivity contribution < 1.29 is 28.1 Å². The van der Waals surface area contributed by atoms with Crippen LogP contribution in [0.25, 0.3) is 0 Å². The van der Waals surface area contributed by atoms with Crippen molar-refractivity contribution in [2.24, 2.45) is 5.92 Å². The molecule has 0 spiro atoms. The van der Waals surface area contributed by atoms with Gasteiger partial charge in [-0.25, -0.2) is 8.42 Å². The molecule has 0 saturated carbocycles. The lowest BCUT2D eigenvalue weighted by molar-refractivity contribution is 0.0536. The third-order valence-corrected chi connectivity index (χ3v) is 6.03. The molecule has 0 saturated heterocycles. The van der Waals surface area contributed by atoms with Crippen molar-refractivity contribution >= 4 is 21.4 Å². The van der Waals surface area contributed by atoms with E-state index in [0.717, 1.165) is 0 Å². The number of halogens is 1. The van der Waals surface area contributed by atoms with E-state index in [4.69, 9.17) is 26.2 Å². The van der Waals surface area contributed by atoms with Crippen LogP contribution in [0.15, 0.2) is 58.3 Å². The second-order valence-corrected chi connectivity index (χ2v) is 8.42. The molecule has 0 amide bonds. The Hall–Kier alpha value is -1.80. The molecule has 2 N–H and O–H groups in total. The zero-order valence-corrected chi connectivity index (χ0v) is 16.5.